The minimum Gasteiger partial charge on any atom is -0.465 e. The van der Waals surface area contributed by atoms with Crippen LogP contribution in [-0.2, 0) is 14.3 Å². The highest BCUT2D eigenvalue weighted by molar-refractivity contribution is 7.99. The average Bonchev–Trinajstić information content (AvgIpc) is 2.42. The highest BCUT2D eigenvalue weighted by Crippen LogP contribution is 2.19. The second-order valence-electron chi connectivity index (χ2n) is 4.24. The smallest absolute Gasteiger partial charge is 0.315 e. The molecule has 21 heavy (non-hydrogen) atoms. The zero-order chi connectivity index (χ0) is 15.7. The molecule has 0 bridgehead atoms. The van der Waals surface area contributed by atoms with E-state index in [0.717, 1.165) is 6.07 Å². The Balaban J connectivity index is 2.21. The van der Waals surface area contributed by atoms with Crippen molar-refractivity contribution in [3.05, 3.63) is 24.0 Å². The molecule has 1 aromatic rings. The van der Waals surface area contributed by atoms with Crippen LogP contribution in [0, 0.1) is 5.82 Å². The number of benzene rings is 1. The summed E-state index contributed by atoms with van der Waals surface area (Å²) < 4.78 is 17.6. The van der Waals surface area contributed by atoms with Crippen molar-refractivity contribution in [1.29, 1.82) is 0 Å². The van der Waals surface area contributed by atoms with Crippen molar-refractivity contribution in [3.8, 4) is 0 Å². The molecule has 1 amide bonds. The van der Waals surface area contributed by atoms with Gasteiger partial charge in [0.25, 0.3) is 0 Å². The van der Waals surface area contributed by atoms with Gasteiger partial charge < -0.3 is 15.8 Å². The van der Waals surface area contributed by atoms with Gasteiger partial charge in [0.15, 0.2) is 0 Å². The monoisotopic (exact) mass is 314 g/mol. The van der Waals surface area contributed by atoms with Gasteiger partial charge in [-0.05, 0) is 37.3 Å². The first-order valence-corrected chi connectivity index (χ1v) is 7.76. The molecule has 0 aromatic heterocycles. The fourth-order valence-electron chi connectivity index (χ4n) is 1.55. The van der Waals surface area contributed by atoms with Crippen LogP contribution in [0.25, 0.3) is 0 Å². The molecule has 116 valence electrons. The maximum absolute atomic E-state index is 12.9. The molecule has 3 N–H and O–H groups in total. The molecule has 0 fully saturated rings. The van der Waals surface area contributed by atoms with E-state index >= 15 is 0 Å². The van der Waals surface area contributed by atoms with Crippen LogP contribution in [-0.4, -0.2) is 30.0 Å². The third-order valence-electron chi connectivity index (χ3n) is 2.51. The lowest BCUT2D eigenvalue weighted by atomic mass is 10.2. The predicted molar refractivity (Wildman–Crippen MR) is 82.6 cm³/mol. The van der Waals surface area contributed by atoms with Gasteiger partial charge in [-0.25, -0.2) is 4.39 Å². The lowest BCUT2D eigenvalue weighted by molar-refractivity contribution is -0.139. The fourth-order valence-corrected chi connectivity index (χ4v) is 2.30. The SMILES string of the molecule is CCOC(=O)CSCCCC(=O)Nc1ccc(F)cc1N. The Kier molecular flexibility index (Phi) is 7.60. The Hall–Kier alpha value is -1.76. The van der Waals surface area contributed by atoms with Crippen LogP contribution in [0.1, 0.15) is 19.8 Å². The van der Waals surface area contributed by atoms with Gasteiger partial charge in [-0.15, -0.1) is 0 Å². The molecule has 0 spiro atoms. The van der Waals surface area contributed by atoms with Crippen LogP contribution in [0.3, 0.4) is 0 Å². The van der Waals surface area contributed by atoms with Crippen LogP contribution in [0.15, 0.2) is 18.2 Å². The summed E-state index contributed by atoms with van der Waals surface area (Å²) in [6.45, 7) is 2.13. The molecule has 0 aliphatic rings. The van der Waals surface area contributed by atoms with Crippen molar-refractivity contribution in [2.45, 2.75) is 19.8 Å². The van der Waals surface area contributed by atoms with Crippen LogP contribution in [0.5, 0.6) is 0 Å². The summed E-state index contributed by atoms with van der Waals surface area (Å²) in [6, 6.07) is 3.82. The van der Waals surface area contributed by atoms with Gasteiger partial charge in [0, 0.05) is 6.42 Å². The number of amides is 1. The van der Waals surface area contributed by atoms with Gasteiger partial charge in [0.1, 0.15) is 5.82 Å². The summed E-state index contributed by atoms with van der Waals surface area (Å²) in [5.41, 5.74) is 6.20. The van der Waals surface area contributed by atoms with E-state index < -0.39 is 5.82 Å². The summed E-state index contributed by atoms with van der Waals surface area (Å²) in [4.78, 5) is 22.8. The van der Waals surface area contributed by atoms with E-state index in [2.05, 4.69) is 5.32 Å². The first-order valence-electron chi connectivity index (χ1n) is 6.61. The molecule has 0 aliphatic heterocycles. The molecule has 1 aromatic carbocycles. The number of carbonyl (C=O) groups excluding carboxylic acids is 2. The number of halogens is 1. The second kappa shape index (κ2) is 9.23. The maximum Gasteiger partial charge on any atom is 0.315 e. The third-order valence-corrected chi connectivity index (χ3v) is 3.52. The molecule has 0 unspecified atom stereocenters. The normalized spacial score (nSPS) is 10.2. The summed E-state index contributed by atoms with van der Waals surface area (Å²) in [7, 11) is 0. The fraction of sp³-hybridized carbons (Fsp3) is 0.429. The molecule has 0 heterocycles. The van der Waals surface area contributed by atoms with E-state index in [9.17, 15) is 14.0 Å². The van der Waals surface area contributed by atoms with Crippen molar-refractivity contribution < 1.29 is 18.7 Å². The standard InChI is InChI=1S/C14H19FN2O3S/c1-2-20-14(19)9-21-7-3-4-13(18)17-12-6-5-10(15)8-11(12)16/h5-6,8H,2-4,7,9,16H2,1H3,(H,17,18). The van der Waals surface area contributed by atoms with Crippen molar-refractivity contribution >= 4 is 35.0 Å². The van der Waals surface area contributed by atoms with Gasteiger partial charge in [-0.2, -0.15) is 11.8 Å². The number of esters is 1. The Morgan fingerprint density at radius 3 is 2.86 bits per heavy atom. The molecule has 0 saturated carbocycles. The number of hydrogen-bond donors (Lipinski definition) is 2. The van der Waals surface area contributed by atoms with E-state index in [1.807, 2.05) is 0 Å². The van der Waals surface area contributed by atoms with E-state index in [-0.39, 0.29) is 17.6 Å². The second-order valence-corrected chi connectivity index (χ2v) is 5.35. The lowest BCUT2D eigenvalue weighted by Gasteiger charge is -2.08. The predicted octanol–water partition coefficient (Wildman–Crippen LogP) is 2.42. The largest absolute Gasteiger partial charge is 0.465 e. The topological polar surface area (TPSA) is 81.4 Å². The molecule has 7 heteroatoms. The number of hydrogen-bond acceptors (Lipinski definition) is 5. The number of ether oxygens (including phenoxy) is 1. The number of carbonyl (C=O) groups is 2. The van der Waals surface area contributed by atoms with Gasteiger partial charge in [0.05, 0.1) is 23.7 Å². The minimum absolute atomic E-state index is 0.190. The van der Waals surface area contributed by atoms with Crippen molar-refractivity contribution in [2.75, 3.05) is 29.2 Å². The van der Waals surface area contributed by atoms with Crippen molar-refractivity contribution in [3.63, 3.8) is 0 Å². The number of nitrogens with one attached hydrogen (secondary N) is 1. The summed E-state index contributed by atoms with van der Waals surface area (Å²) in [6.07, 6.45) is 0.948. The van der Waals surface area contributed by atoms with Crippen molar-refractivity contribution in [1.82, 2.24) is 0 Å². The molecule has 1 rings (SSSR count). The molecular weight excluding hydrogens is 295 g/mol. The highest BCUT2D eigenvalue weighted by Gasteiger charge is 2.07. The molecule has 0 atom stereocenters. The first kappa shape index (κ1) is 17.3. The molecular formula is C14H19FN2O3S. The van der Waals surface area contributed by atoms with Gasteiger partial charge in [-0.3, -0.25) is 9.59 Å². The lowest BCUT2D eigenvalue weighted by Crippen LogP contribution is -2.13. The van der Waals surface area contributed by atoms with E-state index in [4.69, 9.17) is 10.5 Å². The quantitative estimate of drug-likeness (QED) is 0.437. The van der Waals surface area contributed by atoms with Crippen LogP contribution in [0.2, 0.25) is 0 Å². The molecule has 0 radical (unpaired) electrons. The summed E-state index contributed by atoms with van der Waals surface area (Å²) in [5, 5.41) is 2.63. The van der Waals surface area contributed by atoms with Crippen molar-refractivity contribution in [2.24, 2.45) is 0 Å². The van der Waals surface area contributed by atoms with Crippen LogP contribution in [0.4, 0.5) is 15.8 Å². The molecule has 5 nitrogen and oxygen atoms in total. The number of thioether (sulfide) groups is 1. The van der Waals surface area contributed by atoms with E-state index in [1.54, 1.807) is 6.92 Å². The third kappa shape index (κ3) is 6.99. The van der Waals surface area contributed by atoms with E-state index in [0.29, 0.717) is 36.6 Å². The number of rotatable bonds is 8. The van der Waals surface area contributed by atoms with E-state index in [1.165, 1.54) is 23.9 Å². The zero-order valence-corrected chi connectivity index (χ0v) is 12.7. The van der Waals surface area contributed by atoms with Crippen LogP contribution < -0.4 is 11.1 Å². The van der Waals surface area contributed by atoms with Crippen LogP contribution >= 0.6 is 11.8 Å². The van der Waals surface area contributed by atoms with Gasteiger partial charge in [0.2, 0.25) is 5.91 Å². The molecule has 0 aliphatic carbocycles. The maximum atomic E-state index is 12.9. The Morgan fingerprint density at radius 2 is 2.19 bits per heavy atom. The number of anilines is 2. The highest BCUT2D eigenvalue weighted by atomic mass is 32.2. The summed E-state index contributed by atoms with van der Waals surface area (Å²) in [5.74, 6) is 0.0999. The Morgan fingerprint density at radius 1 is 1.43 bits per heavy atom. The molecule has 0 saturated heterocycles. The number of nitrogen functional groups attached to an aromatic ring is 1. The zero-order valence-electron chi connectivity index (χ0n) is 11.9. The number of nitrogens with two attached hydrogens (primary N) is 1. The summed E-state index contributed by atoms with van der Waals surface area (Å²) >= 11 is 1.43. The Labute approximate surface area is 127 Å². The Bertz CT molecular complexity index is 497. The minimum atomic E-state index is -0.444. The van der Waals surface area contributed by atoms with Gasteiger partial charge in [-0.1, -0.05) is 0 Å². The first-order chi connectivity index (χ1) is 10.0. The average molecular weight is 314 g/mol. The van der Waals surface area contributed by atoms with Gasteiger partial charge >= 0.3 is 5.97 Å².